The summed E-state index contributed by atoms with van der Waals surface area (Å²) in [4.78, 5) is 25.7. The average molecular weight is 644 g/mol. The third kappa shape index (κ3) is 10.2. The molecule has 0 radical (unpaired) electrons. The highest BCUT2D eigenvalue weighted by molar-refractivity contribution is 5.76. The number of likely N-dealkylation sites (tertiary alicyclic amines) is 1. The van der Waals surface area contributed by atoms with Gasteiger partial charge in [-0.25, -0.2) is 0 Å². The fourth-order valence-corrected chi connectivity index (χ4v) is 6.50. The molecule has 252 valence electrons. The molecule has 3 aromatic carbocycles. The normalized spacial score (nSPS) is 21.4. The molecule has 0 saturated carbocycles. The summed E-state index contributed by atoms with van der Waals surface area (Å²) in [7, 11) is 0. The standard InChI is InChI=1S/C38H49N3O6/c1-27(44)39-18-4-2-3-13-37(45)40-23-29-8-5-9-31(20-29)32-10-6-11-33(21-32)38-46-35(24-41-19-7-12-34(41)26-43)22-36(47-38)30-16-14-28(25-42)15-17-30/h5-6,8-11,14-17,20-21,34-36,38,42-43H,2-4,7,12-13,18-19,22-26H2,1H3,(H,39,44)(H,40,45). The van der Waals surface area contributed by atoms with Crippen molar-refractivity contribution in [2.45, 2.75) is 89.6 Å². The zero-order valence-corrected chi connectivity index (χ0v) is 27.4. The number of nitrogens with zero attached hydrogens (tertiary/aromatic N) is 1. The molecule has 3 aromatic rings. The minimum atomic E-state index is -0.563. The number of aliphatic hydroxyl groups excluding tert-OH is 2. The molecule has 4 atom stereocenters. The van der Waals surface area contributed by atoms with Gasteiger partial charge in [0.1, 0.15) is 0 Å². The molecule has 2 heterocycles. The number of ether oxygens (including phenoxy) is 2. The van der Waals surface area contributed by atoms with Crippen LogP contribution in [-0.4, -0.2) is 65.3 Å². The molecule has 47 heavy (non-hydrogen) atoms. The van der Waals surface area contributed by atoms with Crippen molar-refractivity contribution in [2.24, 2.45) is 0 Å². The van der Waals surface area contributed by atoms with Crippen LogP contribution >= 0.6 is 0 Å². The fraction of sp³-hybridized carbons (Fsp3) is 0.474. The third-order valence-electron chi connectivity index (χ3n) is 9.13. The number of aliphatic hydroxyl groups is 2. The van der Waals surface area contributed by atoms with E-state index in [0.717, 1.165) is 78.6 Å². The molecule has 5 rings (SSSR count). The van der Waals surface area contributed by atoms with E-state index in [1.54, 1.807) is 0 Å². The van der Waals surface area contributed by atoms with Gasteiger partial charge in [-0.05, 0) is 72.2 Å². The molecule has 4 unspecified atom stereocenters. The lowest BCUT2D eigenvalue weighted by atomic mass is 9.98. The SMILES string of the molecule is CC(=O)NCCCCCC(=O)NCc1cccc(-c2cccc(C3OC(CN4CCCC4CO)CC(c4ccc(CO)cc4)O3)c2)c1. The largest absolute Gasteiger partial charge is 0.395 e. The van der Waals surface area contributed by atoms with Crippen LogP contribution in [0.15, 0.2) is 72.8 Å². The summed E-state index contributed by atoms with van der Waals surface area (Å²) in [5.74, 6) is -0.000396. The Morgan fingerprint density at radius 2 is 1.66 bits per heavy atom. The van der Waals surface area contributed by atoms with Crippen molar-refractivity contribution in [3.63, 3.8) is 0 Å². The van der Waals surface area contributed by atoms with Gasteiger partial charge < -0.3 is 30.3 Å². The van der Waals surface area contributed by atoms with Gasteiger partial charge in [-0.1, -0.05) is 67.1 Å². The average Bonchev–Trinajstić information content (AvgIpc) is 3.55. The number of hydrogen-bond donors (Lipinski definition) is 4. The number of unbranched alkanes of at least 4 members (excludes halogenated alkanes) is 2. The third-order valence-corrected chi connectivity index (χ3v) is 9.13. The van der Waals surface area contributed by atoms with E-state index in [9.17, 15) is 19.8 Å². The predicted octanol–water partition coefficient (Wildman–Crippen LogP) is 5.16. The zero-order valence-electron chi connectivity index (χ0n) is 27.4. The Bertz CT molecular complexity index is 1450. The van der Waals surface area contributed by atoms with Crippen molar-refractivity contribution < 1.29 is 29.3 Å². The molecule has 0 aliphatic carbocycles. The van der Waals surface area contributed by atoms with Gasteiger partial charge in [0.25, 0.3) is 0 Å². The van der Waals surface area contributed by atoms with Crippen molar-refractivity contribution in [1.82, 2.24) is 15.5 Å². The molecule has 4 N–H and O–H groups in total. The summed E-state index contributed by atoms with van der Waals surface area (Å²) in [6.45, 7) is 4.46. The monoisotopic (exact) mass is 643 g/mol. The Labute approximate surface area is 278 Å². The van der Waals surface area contributed by atoms with Gasteiger partial charge in [0, 0.05) is 51.0 Å². The van der Waals surface area contributed by atoms with E-state index in [0.29, 0.717) is 25.9 Å². The van der Waals surface area contributed by atoms with E-state index in [-0.39, 0.29) is 43.3 Å². The van der Waals surface area contributed by atoms with E-state index in [1.165, 1.54) is 6.92 Å². The van der Waals surface area contributed by atoms with Gasteiger partial charge in [0.15, 0.2) is 6.29 Å². The van der Waals surface area contributed by atoms with Crippen LogP contribution in [0, 0.1) is 0 Å². The van der Waals surface area contributed by atoms with Gasteiger partial charge in [-0.3, -0.25) is 14.5 Å². The van der Waals surface area contributed by atoms with Crippen LogP contribution in [-0.2, 0) is 32.2 Å². The molecule has 9 heteroatoms. The van der Waals surface area contributed by atoms with Crippen molar-refractivity contribution in [3.8, 4) is 11.1 Å². The number of amides is 2. The summed E-state index contributed by atoms with van der Waals surface area (Å²) < 4.78 is 13.2. The Hall–Kier alpha value is -3.60. The van der Waals surface area contributed by atoms with Crippen LogP contribution in [0.4, 0.5) is 0 Å². The number of benzene rings is 3. The summed E-state index contributed by atoms with van der Waals surface area (Å²) >= 11 is 0. The van der Waals surface area contributed by atoms with E-state index in [2.05, 4.69) is 39.8 Å². The van der Waals surface area contributed by atoms with E-state index >= 15 is 0 Å². The lowest BCUT2D eigenvalue weighted by Crippen LogP contribution is -2.42. The van der Waals surface area contributed by atoms with Gasteiger partial charge in [0.2, 0.25) is 11.8 Å². The fourth-order valence-electron chi connectivity index (χ4n) is 6.50. The quantitative estimate of drug-likeness (QED) is 0.169. The summed E-state index contributed by atoms with van der Waals surface area (Å²) in [6, 6.07) is 24.5. The second-order valence-electron chi connectivity index (χ2n) is 12.7. The van der Waals surface area contributed by atoms with Crippen LogP contribution in [0.5, 0.6) is 0 Å². The predicted molar refractivity (Wildman–Crippen MR) is 181 cm³/mol. The smallest absolute Gasteiger partial charge is 0.220 e. The molecule has 0 aromatic heterocycles. The van der Waals surface area contributed by atoms with Crippen LogP contribution in [0.25, 0.3) is 11.1 Å². The lowest BCUT2D eigenvalue weighted by Gasteiger charge is -2.38. The number of carbonyl (C=O) groups is 2. The van der Waals surface area contributed by atoms with Crippen molar-refractivity contribution in [2.75, 3.05) is 26.2 Å². The maximum absolute atomic E-state index is 12.4. The van der Waals surface area contributed by atoms with Gasteiger partial charge in [-0.2, -0.15) is 0 Å². The van der Waals surface area contributed by atoms with Crippen LogP contribution in [0.1, 0.15) is 86.5 Å². The number of nitrogens with one attached hydrogen (secondary N) is 2. The molecule has 2 fully saturated rings. The number of rotatable bonds is 15. The van der Waals surface area contributed by atoms with Crippen molar-refractivity contribution in [3.05, 3.63) is 95.1 Å². The van der Waals surface area contributed by atoms with Crippen molar-refractivity contribution >= 4 is 11.8 Å². The molecular formula is C38H49N3O6. The van der Waals surface area contributed by atoms with Crippen LogP contribution < -0.4 is 10.6 Å². The lowest BCUT2D eigenvalue weighted by molar-refractivity contribution is -0.253. The summed E-state index contributed by atoms with van der Waals surface area (Å²) in [5.41, 5.74) is 5.95. The summed E-state index contributed by atoms with van der Waals surface area (Å²) in [5, 5.41) is 25.3. The number of hydrogen-bond acceptors (Lipinski definition) is 7. The molecule has 2 aliphatic heterocycles. The van der Waals surface area contributed by atoms with E-state index in [1.807, 2.05) is 48.5 Å². The molecule has 2 saturated heterocycles. The maximum atomic E-state index is 12.4. The molecule has 0 bridgehead atoms. The maximum Gasteiger partial charge on any atom is 0.220 e. The topological polar surface area (TPSA) is 120 Å². The Kier molecular flexibility index (Phi) is 12.9. The first kappa shape index (κ1) is 34.7. The molecular weight excluding hydrogens is 594 g/mol. The van der Waals surface area contributed by atoms with Gasteiger partial charge in [-0.15, -0.1) is 0 Å². The minimum Gasteiger partial charge on any atom is -0.395 e. The highest BCUT2D eigenvalue weighted by Crippen LogP contribution is 2.39. The van der Waals surface area contributed by atoms with Gasteiger partial charge >= 0.3 is 0 Å². The second-order valence-corrected chi connectivity index (χ2v) is 12.7. The van der Waals surface area contributed by atoms with Crippen LogP contribution in [0.3, 0.4) is 0 Å². The first-order valence-corrected chi connectivity index (χ1v) is 17.0. The Morgan fingerprint density at radius 3 is 2.43 bits per heavy atom. The molecule has 9 nitrogen and oxygen atoms in total. The highest BCUT2D eigenvalue weighted by Gasteiger charge is 2.35. The Balaban J connectivity index is 1.24. The first-order chi connectivity index (χ1) is 22.9. The minimum absolute atomic E-state index is 0.000160. The zero-order chi connectivity index (χ0) is 33.0. The molecule has 0 spiro atoms. The van der Waals surface area contributed by atoms with Crippen molar-refractivity contribution in [1.29, 1.82) is 0 Å². The molecule has 2 amide bonds. The molecule has 2 aliphatic rings. The highest BCUT2D eigenvalue weighted by atomic mass is 16.7. The second kappa shape index (κ2) is 17.5. The first-order valence-electron chi connectivity index (χ1n) is 17.0. The van der Waals surface area contributed by atoms with Gasteiger partial charge in [0.05, 0.1) is 25.4 Å². The van der Waals surface area contributed by atoms with Crippen LogP contribution in [0.2, 0.25) is 0 Å². The van der Waals surface area contributed by atoms with E-state index < -0.39 is 6.29 Å². The number of carbonyl (C=O) groups excluding carboxylic acids is 2. The summed E-state index contributed by atoms with van der Waals surface area (Å²) in [6.07, 6.45) is 5.00. The van der Waals surface area contributed by atoms with E-state index in [4.69, 9.17) is 9.47 Å². The Morgan fingerprint density at radius 1 is 0.872 bits per heavy atom.